The van der Waals surface area contributed by atoms with E-state index in [9.17, 15) is 14.4 Å². The Morgan fingerprint density at radius 3 is 2.48 bits per heavy atom. The second kappa shape index (κ2) is 9.98. The van der Waals surface area contributed by atoms with Crippen molar-refractivity contribution in [3.8, 4) is 0 Å². The number of ketones is 1. The van der Waals surface area contributed by atoms with Gasteiger partial charge in [-0.05, 0) is 37.8 Å². The van der Waals surface area contributed by atoms with Crippen molar-refractivity contribution in [1.82, 2.24) is 0 Å². The van der Waals surface area contributed by atoms with Gasteiger partial charge in [0.05, 0.1) is 6.61 Å². The quantitative estimate of drug-likeness (QED) is 0.332. The molecule has 5 nitrogen and oxygen atoms in total. The number of ether oxygens (including phenoxy) is 2. The molecule has 0 aromatic heterocycles. The van der Waals surface area contributed by atoms with E-state index in [0.717, 1.165) is 44.1 Å². The molecule has 1 aliphatic rings. The first-order chi connectivity index (χ1) is 11.0. The molecule has 0 heterocycles. The van der Waals surface area contributed by atoms with Gasteiger partial charge in [-0.25, -0.2) is 0 Å². The van der Waals surface area contributed by atoms with E-state index in [0.29, 0.717) is 19.5 Å². The summed E-state index contributed by atoms with van der Waals surface area (Å²) in [6.45, 7) is 3.91. The molecule has 0 aromatic carbocycles. The number of esters is 1. The molecule has 0 fully saturated rings. The van der Waals surface area contributed by atoms with E-state index in [1.807, 2.05) is 6.08 Å². The summed E-state index contributed by atoms with van der Waals surface area (Å²) in [5, 5.41) is 0. The third-order valence-electron chi connectivity index (χ3n) is 3.84. The fourth-order valence-electron chi connectivity index (χ4n) is 2.65. The zero-order valence-electron chi connectivity index (χ0n) is 14.0. The maximum Gasteiger partial charge on any atom is 0.303 e. The molecule has 128 valence electrons. The predicted octanol–water partition coefficient (Wildman–Crippen LogP) is 3.28. The molecule has 1 rings (SSSR count). The Labute approximate surface area is 137 Å². The van der Waals surface area contributed by atoms with Gasteiger partial charge in [-0.2, -0.15) is 0 Å². The van der Waals surface area contributed by atoms with Crippen molar-refractivity contribution in [2.75, 3.05) is 6.61 Å². The molecule has 0 aliphatic heterocycles. The Kier molecular flexibility index (Phi) is 8.30. The first kappa shape index (κ1) is 19.1. The zero-order valence-corrected chi connectivity index (χ0v) is 14.0. The van der Waals surface area contributed by atoms with E-state index in [4.69, 9.17) is 4.74 Å². The third-order valence-corrected chi connectivity index (χ3v) is 3.84. The largest absolute Gasteiger partial charge is 0.468 e. The minimum atomic E-state index is -1.16. The topological polar surface area (TPSA) is 69.7 Å². The molecule has 5 heteroatoms. The number of carbonyl (C=O) groups is 3. The Balaban J connectivity index is 2.23. The molecule has 1 atom stereocenters. The van der Waals surface area contributed by atoms with Gasteiger partial charge in [0.2, 0.25) is 5.78 Å². The monoisotopic (exact) mass is 322 g/mol. The number of Topliss-reactive ketones (excluding diaryl/α,β-unsaturated/α-hetero) is 1. The molecule has 0 spiro atoms. The summed E-state index contributed by atoms with van der Waals surface area (Å²) in [6.07, 6.45) is 12.0. The summed E-state index contributed by atoms with van der Waals surface area (Å²) >= 11 is 0. The predicted molar refractivity (Wildman–Crippen MR) is 86.7 cm³/mol. The fourth-order valence-corrected chi connectivity index (χ4v) is 2.65. The summed E-state index contributed by atoms with van der Waals surface area (Å²) in [5.41, 5.74) is -0.440. The first-order valence-corrected chi connectivity index (χ1v) is 8.17. The summed E-state index contributed by atoms with van der Waals surface area (Å²) < 4.78 is 9.79. The molecule has 23 heavy (non-hydrogen) atoms. The maximum atomic E-state index is 12.4. The second-order valence-electron chi connectivity index (χ2n) is 5.92. The number of carbonyl (C=O) groups excluding carboxylic acids is 3. The van der Waals surface area contributed by atoms with Crippen LogP contribution in [0.25, 0.3) is 0 Å². The summed E-state index contributed by atoms with van der Waals surface area (Å²) in [6, 6.07) is 0. The third kappa shape index (κ3) is 6.80. The van der Waals surface area contributed by atoms with Crippen molar-refractivity contribution in [3.63, 3.8) is 0 Å². The Bertz CT molecular complexity index is 478. The summed E-state index contributed by atoms with van der Waals surface area (Å²) in [5.74, 6) is -0.577. The molecule has 0 bridgehead atoms. The molecule has 0 aromatic rings. The van der Waals surface area contributed by atoms with Gasteiger partial charge in [0, 0.05) is 6.92 Å². The summed E-state index contributed by atoms with van der Waals surface area (Å²) in [7, 11) is 0. The van der Waals surface area contributed by atoms with E-state index in [-0.39, 0.29) is 5.78 Å². The van der Waals surface area contributed by atoms with E-state index >= 15 is 0 Å². The highest BCUT2D eigenvalue weighted by Gasteiger charge is 2.37. The van der Waals surface area contributed by atoms with Crippen LogP contribution in [0.3, 0.4) is 0 Å². The van der Waals surface area contributed by atoms with Crippen molar-refractivity contribution in [2.45, 2.75) is 64.4 Å². The fraction of sp³-hybridized carbons (Fsp3) is 0.611. The lowest BCUT2D eigenvalue weighted by atomic mass is 9.87. The van der Waals surface area contributed by atoms with Crippen molar-refractivity contribution in [3.05, 3.63) is 23.8 Å². The average molecular weight is 322 g/mol. The van der Waals surface area contributed by atoms with Gasteiger partial charge in [-0.1, -0.05) is 37.8 Å². The minimum absolute atomic E-state index is 0.124. The van der Waals surface area contributed by atoms with Gasteiger partial charge in [0.1, 0.15) is 0 Å². The lowest BCUT2D eigenvalue weighted by Crippen LogP contribution is -2.40. The van der Waals surface area contributed by atoms with Crippen LogP contribution in [0.15, 0.2) is 23.8 Å². The number of unbranched alkanes of at least 4 members (excludes halogenated alkanes) is 5. The highest BCUT2D eigenvalue weighted by atomic mass is 16.6. The Morgan fingerprint density at radius 2 is 1.83 bits per heavy atom. The first-order valence-electron chi connectivity index (χ1n) is 8.17. The van der Waals surface area contributed by atoms with Gasteiger partial charge in [-0.3, -0.25) is 14.4 Å². The van der Waals surface area contributed by atoms with Crippen LogP contribution in [0.2, 0.25) is 0 Å². The molecule has 0 saturated heterocycles. The molecule has 0 radical (unpaired) electrons. The Hall–Kier alpha value is -1.91. The van der Waals surface area contributed by atoms with Gasteiger partial charge >= 0.3 is 5.97 Å². The van der Waals surface area contributed by atoms with E-state index in [1.54, 1.807) is 19.1 Å². The smallest absolute Gasteiger partial charge is 0.303 e. The van der Waals surface area contributed by atoms with Crippen LogP contribution in [0.1, 0.15) is 58.8 Å². The van der Waals surface area contributed by atoms with Crippen LogP contribution < -0.4 is 0 Å². The molecular formula is C18H26O5. The van der Waals surface area contributed by atoms with Gasteiger partial charge < -0.3 is 9.47 Å². The molecule has 0 saturated carbocycles. The second-order valence-corrected chi connectivity index (χ2v) is 5.92. The highest BCUT2D eigenvalue weighted by molar-refractivity contribution is 6.05. The minimum Gasteiger partial charge on any atom is -0.468 e. The van der Waals surface area contributed by atoms with Gasteiger partial charge in [-0.15, -0.1) is 0 Å². The van der Waals surface area contributed by atoms with E-state index in [1.165, 1.54) is 6.92 Å². The normalized spacial score (nSPS) is 20.1. The zero-order chi connectivity index (χ0) is 17.1. The average Bonchev–Trinajstić information content (AvgIpc) is 2.49. The number of allylic oxidation sites excluding steroid dienone is 2. The SMILES string of the molecule is CC(=O)OC1(C)C=CC=C(CCCCCCCCOC=O)C1=O. The van der Waals surface area contributed by atoms with Gasteiger partial charge in [0.25, 0.3) is 6.47 Å². The van der Waals surface area contributed by atoms with E-state index < -0.39 is 11.6 Å². The highest BCUT2D eigenvalue weighted by Crippen LogP contribution is 2.26. The van der Waals surface area contributed by atoms with Crippen LogP contribution in [-0.2, 0) is 23.9 Å². The van der Waals surface area contributed by atoms with Crippen LogP contribution in [0.5, 0.6) is 0 Å². The lowest BCUT2D eigenvalue weighted by molar-refractivity contribution is -0.157. The summed E-state index contributed by atoms with van der Waals surface area (Å²) in [4.78, 5) is 33.5. The number of hydrogen-bond donors (Lipinski definition) is 0. The van der Waals surface area contributed by atoms with E-state index in [2.05, 4.69) is 4.74 Å². The van der Waals surface area contributed by atoms with Crippen LogP contribution >= 0.6 is 0 Å². The van der Waals surface area contributed by atoms with Gasteiger partial charge in [0.15, 0.2) is 5.60 Å². The molecule has 1 unspecified atom stereocenters. The number of rotatable bonds is 11. The molecule has 1 aliphatic carbocycles. The van der Waals surface area contributed by atoms with Crippen molar-refractivity contribution in [1.29, 1.82) is 0 Å². The van der Waals surface area contributed by atoms with Crippen LogP contribution in [-0.4, -0.2) is 30.4 Å². The maximum absolute atomic E-state index is 12.4. The molecular weight excluding hydrogens is 296 g/mol. The Morgan fingerprint density at radius 1 is 1.17 bits per heavy atom. The van der Waals surface area contributed by atoms with Crippen molar-refractivity contribution < 1.29 is 23.9 Å². The molecule has 0 N–H and O–H groups in total. The van der Waals surface area contributed by atoms with Crippen molar-refractivity contribution >= 4 is 18.2 Å². The van der Waals surface area contributed by atoms with Crippen molar-refractivity contribution in [2.24, 2.45) is 0 Å². The number of hydrogen-bond acceptors (Lipinski definition) is 5. The standard InChI is InChI=1S/C18H26O5/c1-15(20)23-18(2)12-9-11-16(17(18)21)10-7-5-3-4-6-8-13-22-14-19/h9,11-12,14H,3-8,10,13H2,1-2H3. The van der Waals surface area contributed by atoms with Crippen LogP contribution in [0.4, 0.5) is 0 Å². The lowest BCUT2D eigenvalue weighted by Gasteiger charge is -2.27. The van der Waals surface area contributed by atoms with Crippen LogP contribution in [0, 0.1) is 0 Å². The molecule has 0 amide bonds.